The number of aryl methyl sites for hydroxylation is 1. The van der Waals surface area contributed by atoms with Gasteiger partial charge in [-0.1, -0.05) is 24.3 Å². The van der Waals surface area contributed by atoms with Gasteiger partial charge in [0.2, 0.25) is 0 Å². The fourth-order valence-electron chi connectivity index (χ4n) is 3.62. The lowest BCUT2D eigenvalue weighted by molar-refractivity contribution is 0.310. The second-order valence-corrected chi connectivity index (χ2v) is 7.22. The number of hydrogen-bond donors (Lipinski definition) is 2. The number of fused-ring (bicyclic) bond motifs is 1. The van der Waals surface area contributed by atoms with Crippen LogP contribution < -0.4 is 14.8 Å². The first-order valence-corrected chi connectivity index (χ1v) is 10.2. The molecule has 2 aromatic heterocycles. The smallest absolute Gasteiger partial charge is 0.161 e. The Morgan fingerprint density at radius 3 is 2.65 bits per heavy atom. The summed E-state index contributed by atoms with van der Waals surface area (Å²) in [6.07, 6.45) is 3.44. The molecule has 6 nitrogen and oxygen atoms in total. The van der Waals surface area contributed by atoms with Crippen LogP contribution in [0.25, 0.3) is 10.9 Å². The number of benzene rings is 2. The number of phenolic OH excluding ortho intramolecular Hbond substituents is 1. The lowest BCUT2D eigenvalue weighted by atomic mass is 9.95. The zero-order valence-electron chi connectivity index (χ0n) is 17.8. The molecule has 2 heterocycles. The summed E-state index contributed by atoms with van der Waals surface area (Å²) in [5.41, 5.74) is 3.24. The summed E-state index contributed by atoms with van der Waals surface area (Å²) in [4.78, 5) is 8.82. The van der Waals surface area contributed by atoms with Crippen molar-refractivity contribution in [1.82, 2.24) is 9.97 Å². The Hall–Kier alpha value is -3.80. The zero-order valence-corrected chi connectivity index (χ0v) is 17.8. The van der Waals surface area contributed by atoms with E-state index in [0.717, 1.165) is 16.5 Å². The van der Waals surface area contributed by atoms with Gasteiger partial charge in [-0.3, -0.25) is 4.98 Å². The predicted molar refractivity (Wildman–Crippen MR) is 122 cm³/mol. The Balaban J connectivity index is 1.85. The van der Waals surface area contributed by atoms with E-state index in [1.54, 1.807) is 19.5 Å². The van der Waals surface area contributed by atoms with Crippen LogP contribution in [0.15, 0.2) is 67.0 Å². The molecule has 0 amide bonds. The molecule has 0 saturated heterocycles. The molecule has 0 spiro atoms. The van der Waals surface area contributed by atoms with Crippen molar-refractivity contribution in [2.45, 2.75) is 19.9 Å². The maximum Gasteiger partial charge on any atom is 0.161 e. The highest BCUT2D eigenvalue weighted by atomic mass is 16.5. The molecule has 0 aliphatic heterocycles. The predicted octanol–water partition coefficient (Wildman–Crippen LogP) is 5.25. The number of methoxy groups -OCH3 is 1. The van der Waals surface area contributed by atoms with E-state index >= 15 is 0 Å². The number of ether oxygens (including phenoxy) is 2. The molecule has 0 fully saturated rings. The Kier molecular flexibility index (Phi) is 5.89. The molecule has 2 aromatic carbocycles. The summed E-state index contributed by atoms with van der Waals surface area (Å²) < 4.78 is 11.2. The minimum absolute atomic E-state index is 0.135. The van der Waals surface area contributed by atoms with Crippen molar-refractivity contribution in [3.63, 3.8) is 0 Å². The van der Waals surface area contributed by atoms with Crippen LogP contribution in [0.3, 0.4) is 0 Å². The zero-order chi connectivity index (χ0) is 21.8. The summed E-state index contributed by atoms with van der Waals surface area (Å²) in [5, 5.41) is 15.4. The molecular formula is C25H25N3O3. The second-order valence-electron chi connectivity index (χ2n) is 7.22. The highest BCUT2D eigenvalue weighted by Crippen LogP contribution is 2.39. The van der Waals surface area contributed by atoms with Gasteiger partial charge in [0.15, 0.2) is 11.5 Å². The van der Waals surface area contributed by atoms with Crippen LogP contribution in [0, 0.1) is 6.92 Å². The molecule has 0 aliphatic carbocycles. The molecule has 6 heteroatoms. The van der Waals surface area contributed by atoms with E-state index in [0.29, 0.717) is 35.0 Å². The number of nitrogens with one attached hydrogen (secondary N) is 1. The third kappa shape index (κ3) is 4.23. The Morgan fingerprint density at radius 2 is 1.87 bits per heavy atom. The van der Waals surface area contributed by atoms with Gasteiger partial charge in [-0.25, -0.2) is 4.98 Å². The maximum atomic E-state index is 11.1. The maximum absolute atomic E-state index is 11.1. The van der Waals surface area contributed by atoms with Gasteiger partial charge in [0, 0.05) is 23.3 Å². The summed E-state index contributed by atoms with van der Waals surface area (Å²) in [7, 11) is 1.61. The minimum Gasteiger partial charge on any atom is -0.505 e. The lowest BCUT2D eigenvalue weighted by Crippen LogP contribution is -2.14. The van der Waals surface area contributed by atoms with Crippen LogP contribution in [0.1, 0.15) is 29.7 Å². The molecule has 0 saturated carbocycles. The van der Waals surface area contributed by atoms with Gasteiger partial charge < -0.3 is 19.9 Å². The molecule has 4 rings (SSSR count). The van der Waals surface area contributed by atoms with E-state index in [4.69, 9.17) is 9.47 Å². The average Bonchev–Trinajstić information content (AvgIpc) is 2.79. The van der Waals surface area contributed by atoms with Crippen LogP contribution in [0.4, 0.5) is 5.82 Å². The van der Waals surface area contributed by atoms with E-state index in [2.05, 4.69) is 15.3 Å². The van der Waals surface area contributed by atoms with Crippen molar-refractivity contribution in [2.75, 3.05) is 19.0 Å². The standard InChI is InChI=1S/C25H25N3O3/c1-4-31-20-10-8-18(15-21(20)30-3)23(28-22-14-16(2)11-13-26-22)19-9-7-17-6-5-12-27-24(17)25(19)29/h5-15,23,29H,4H2,1-3H3,(H,26,28)/t23-/m0/s1. The van der Waals surface area contributed by atoms with Gasteiger partial charge >= 0.3 is 0 Å². The molecule has 0 aliphatic rings. The van der Waals surface area contributed by atoms with Crippen molar-refractivity contribution < 1.29 is 14.6 Å². The van der Waals surface area contributed by atoms with Crippen LogP contribution in [0.2, 0.25) is 0 Å². The summed E-state index contributed by atoms with van der Waals surface area (Å²) >= 11 is 0. The molecule has 4 aromatic rings. The number of aromatic nitrogens is 2. The molecule has 0 bridgehead atoms. The van der Waals surface area contributed by atoms with Crippen LogP contribution in [0.5, 0.6) is 17.2 Å². The minimum atomic E-state index is -0.384. The normalized spacial score (nSPS) is 11.8. The number of anilines is 1. The summed E-state index contributed by atoms with van der Waals surface area (Å²) in [5.74, 6) is 2.14. The second kappa shape index (κ2) is 8.92. The molecule has 31 heavy (non-hydrogen) atoms. The third-order valence-electron chi connectivity index (χ3n) is 5.12. The molecular weight excluding hydrogens is 390 g/mol. The topological polar surface area (TPSA) is 76.5 Å². The molecule has 0 radical (unpaired) electrons. The number of pyridine rings is 2. The van der Waals surface area contributed by atoms with E-state index in [-0.39, 0.29) is 11.8 Å². The monoisotopic (exact) mass is 415 g/mol. The van der Waals surface area contributed by atoms with Gasteiger partial charge in [-0.2, -0.15) is 0 Å². The lowest BCUT2D eigenvalue weighted by Gasteiger charge is -2.23. The average molecular weight is 415 g/mol. The highest BCUT2D eigenvalue weighted by molar-refractivity contribution is 5.86. The Labute approximate surface area is 181 Å². The van der Waals surface area contributed by atoms with Crippen molar-refractivity contribution in [3.05, 3.63) is 83.7 Å². The van der Waals surface area contributed by atoms with E-state index < -0.39 is 0 Å². The quantitative estimate of drug-likeness (QED) is 0.429. The van der Waals surface area contributed by atoms with Crippen molar-refractivity contribution >= 4 is 16.7 Å². The van der Waals surface area contributed by atoms with Gasteiger partial charge in [-0.05, 0) is 55.3 Å². The number of nitrogens with zero attached hydrogens (tertiary/aromatic N) is 2. The van der Waals surface area contributed by atoms with Crippen molar-refractivity contribution in [1.29, 1.82) is 0 Å². The third-order valence-corrected chi connectivity index (χ3v) is 5.12. The Bertz CT molecular complexity index is 1210. The van der Waals surface area contributed by atoms with E-state index in [1.807, 2.05) is 68.4 Å². The molecule has 2 N–H and O–H groups in total. The summed E-state index contributed by atoms with van der Waals surface area (Å²) in [6.45, 7) is 4.49. The fourth-order valence-corrected chi connectivity index (χ4v) is 3.62. The van der Waals surface area contributed by atoms with E-state index in [1.165, 1.54) is 0 Å². The number of aromatic hydroxyl groups is 1. The fraction of sp³-hybridized carbons (Fsp3) is 0.200. The molecule has 0 unspecified atom stereocenters. The van der Waals surface area contributed by atoms with Crippen molar-refractivity contribution in [2.24, 2.45) is 0 Å². The number of phenols is 1. The first kappa shape index (κ1) is 20.5. The largest absolute Gasteiger partial charge is 0.505 e. The first-order valence-electron chi connectivity index (χ1n) is 10.2. The Morgan fingerprint density at radius 1 is 1.00 bits per heavy atom. The molecule has 1 atom stereocenters. The van der Waals surface area contributed by atoms with Crippen LogP contribution in [-0.2, 0) is 0 Å². The van der Waals surface area contributed by atoms with Gasteiger partial charge in [-0.15, -0.1) is 0 Å². The highest BCUT2D eigenvalue weighted by Gasteiger charge is 2.22. The van der Waals surface area contributed by atoms with Gasteiger partial charge in [0.05, 0.1) is 19.8 Å². The summed E-state index contributed by atoms with van der Waals surface area (Å²) in [6, 6.07) is 16.9. The number of rotatable bonds is 7. The van der Waals surface area contributed by atoms with Crippen LogP contribution in [-0.4, -0.2) is 28.8 Å². The van der Waals surface area contributed by atoms with Crippen molar-refractivity contribution in [3.8, 4) is 17.2 Å². The van der Waals surface area contributed by atoms with E-state index in [9.17, 15) is 5.11 Å². The number of hydrogen-bond acceptors (Lipinski definition) is 6. The first-order chi connectivity index (χ1) is 15.1. The van der Waals surface area contributed by atoms with Crippen LogP contribution >= 0.6 is 0 Å². The van der Waals surface area contributed by atoms with Gasteiger partial charge in [0.25, 0.3) is 0 Å². The molecule has 158 valence electrons. The van der Waals surface area contributed by atoms with Gasteiger partial charge in [0.1, 0.15) is 17.1 Å². The SMILES string of the molecule is CCOc1ccc([C@H](Nc2cc(C)ccn2)c2ccc3cccnc3c2O)cc1OC.